The first-order valence-electron chi connectivity index (χ1n) is 9.53. The SMILES string of the molecule is COc1cc(C)c2[nH]c(=O)c3csc(-c4ccc(C(C)COC(N)=O)cc4)c3c2c1. The second kappa shape index (κ2) is 7.84. The van der Waals surface area contributed by atoms with E-state index in [-0.39, 0.29) is 18.1 Å². The summed E-state index contributed by atoms with van der Waals surface area (Å²) < 4.78 is 10.4. The molecule has 0 bridgehead atoms. The van der Waals surface area contributed by atoms with E-state index in [9.17, 15) is 9.59 Å². The summed E-state index contributed by atoms with van der Waals surface area (Å²) in [5.74, 6) is 0.784. The predicted octanol–water partition coefficient (Wildman–Crippen LogP) is 4.93. The Kier molecular flexibility index (Phi) is 5.22. The average Bonchev–Trinajstić information content (AvgIpc) is 3.19. The number of ether oxygens (including phenoxy) is 2. The highest BCUT2D eigenvalue weighted by atomic mass is 32.1. The van der Waals surface area contributed by atoms with E-state index >= 15 is 0 Å². The quantitative estimate of drug-likeness (QED) is 0.477. The number of thiophene rings is 1. The number of aryl methyl sites for hydroxylation is 1. The first-order valence-corrected chi connectivity index (χ1v) is 10.4. The first-order chi connectivity index (χ1) is 14.4. The van der Waals surface area contributed by atoms with E-state index in [1.165, 1.54) is 0 Å². The summed E-state index contributed by atoms with van der Waals surface area (Å²) in [7, 11) is 1.64. The number of primary amides is 1. The topological polar surface area (TPSA) is 94.4 Å². The van der Waals surface area contributed by atoms with Gasteiger partial charge in [-0.1, -0.05) is 31.2 Å². The van der Waals surface area contributed by atoms with Crippen LogP contribution in [-0.4, -0.2) is 24.8 Å². The Bertz CT molecular complexity index is 1310. The van der Waals surface area contributed by atoms with Crippen LogP contribution < -0.4 is 16.0 Å². The third kappa shape index (κ3) is 3.52. The van der Waals surface area contributed by atoms with Crippen LogP contribution in [0.5, 0.6) is 5.75 Å². The van der Waals surface area contributed by atoms with E-state index in [4.69, 9.17) is 15.2 Å². The standard InChI is InChI=1S/C23H22N2O4S/c1-12-8-16(28-3)9-17-19-18(22(26)25-20(12)17)11-30-21(19)15-6-4-14(5-7-15)13(2)10-29-23(24)27/h4-9,11,13H,10H2,1-3H3,(H2,24,27)(H,25,26). The van der Waals surface area contributed by atoms with Gasteiger partial charge in [-0.2, -0.15) is 0 Å². The van der Waals surface area contributed by atoms with Crippen LogP contribution in [-0.2, 0) is 4.74 Å². The molecule has 0 radical (unpaired) electrons. The molecule has 3 N–H and O–H groups in total. The van der Waals surface area contributed by atoms with E-state index in [0.29, 0.717) is 5.39 Å². The second-order valence-corrected chi connectivity index (χ2v) is 8.21. The van der Waals surface area contributed by atoms with Crippen LogP contribution >= 0.6 is 11.3 Å². The molecule has 0 aliphatic heterocycles. The van der Waals surface area contributed by atoms with Crippen LogP contribution in [0.1, 0.15) is 24.0 Å². The van der Waals surface area contributed by atoms with Crippen LogP contribution in [0.25, 0.3) is 32.1 Å². The fourth-order valence-electron chi connectivity index (χ4n) is 3.69. The van der Waals surface area contributed by atoms with Gasteiger partial charge in [0, 0.05) is 26.9 Å². The van der Waals surface area contributed by atoms with Gasteiger partial charge in [-0.15, -0.1) is 11.3 Å². The number of aromatic nitrogens is 1. The van der Waals surface area contributed by atoms with Crippen LogP contribution in [0.15, 0.2) is 46.6 Å². The highest BCUT2D eigenvalue weighted by Crippen LogP contribution is 2.39. The summed E-state index contributed by atoms with van der Waals surface area (Å²) >= 11 is 1.55. The van der Waals surface area contributed by atoms with Crippen LogP contribution in [0.3, 0.4) is 0 Å². The maximum absolute atomic E-state index is 12.7. The number of H-pyrrole nitrogens is 1. The highest BCUT2D eigenvalue weighted by molar-refractivity contribution is 7.15. The van der Waals surface area contributed by atoms with Crippen molar-refractivity contribution >= 4 is 39.1 Å². The van der Waals surface area contributed by atoms with Crippen molar-refractivity contribution in [2.75, 3.05) is 13.7 Å². The average molecular weight is 423 g/mol. The zero-order chi connectivity index (χ0) is 21.4. The summed E-state index contributed by atoms with van der Waals surface area (Å²) in [4.78, 5) is 27.6. The molecule has 0 saturated heterocycles. The fourth-order valence-corrected chi connectivity index (χ4v) is 4.76. The van der Waals surface area contributed by atoms with Crippen LogP contribution in [0.2, 0.25) is 0 Å². The van der Waals surface area contributed by atoms with Gasteiger partial charge in [0.1, 0.15) is 5.75 Å². The zero-order valence-corrected chi connectivity index (χ0v) is 17.8. The molecule has 4 aromatic rings. The van der Waals surface area contributed by atoms with Crippen molar-refractivity contribution in [1.82, 2.24) is 4.98 Å². The summed E-state index contributed by atoms with van der Waals surface area (Å²) in [6.45, 7) is 4.17. The van der Waals surface area contributed by atoms with Gasteiger partial charge >= 0.3 is 6.09 Å². The molecule has 2 aromatic carbocycles. The smallest absolute Gasteiger partial charge is 0.404 e. The number of carbonyl (C=O) groups is 1. The molecule has 6 nitrogen and oxygen atoms in total. The van der Waals surface area contributed by atoms with Crippen molar-refractivity contribution in [3.63, 3.8) is 0 Å². The maximum atomic E-state index is 12.7. The third-order valence-electron chi connectivity index (χ3n) is 5.31. The molecule has 1 amide bonds. The van der Waals surface area contributed by atoms with Gasteiger partial charge in [0.05, 0.1) is 24.6 Å². The highest BCUT2D eigenvalue weighted by Gasteiger charge is 2.16. The Morgan fingerprint density at radius 2 is 1.93 bits per heavy atom. The van der Waals surface area contributed by atoms with Crippen molar-refractivity contribution < 1.29 is 14.3 Å². The summed E-state index contributed by atoms with van der Waals surface area (Å²) in [5.41, 5.74) is 8.80. The number of amides is 1. The minimum atomic E-state index is -0.772. The van der Waals surface area contributed by atoms with Crippen molar-refractivity contribution in [1.29, 1.82) is 0 Å². The molecule has 154 valence electrons. The number of pyridine rings is 1. The van der Waals surface area contributed by atoms with Crippen molar-refractivity contribution in [2.24, 2.45) is 5.73 Å². The van der Waals surface area contributed by atoms with Crippen LogP contribution in [0.4, 0.5) is 4.79 Å². The van der Waals surface area contributed by atoms with E-state index in [1.54, 1.807) is 18.4 Å². The molecule has 0 fully saturated rings. The van der Waals surface area contributed by atoms with Gasteiger partial charge < -0.3 is 20.2 Å². The molecule has 2 heterocycles. The zero-order valence-electron chi connectivity index (χ0n) is 16.9. The second-order valence-electron chi connectivity index (χ2n) is 7.33. The molecule has 1 atom stereocenters. The number of benzene rings is 2. The van der Waals surface area contributed by atoms with Crippen LogP contribution in [0, 0.1) is 6.92 Å². The third-order valence-corrected chi connectivity index (χ3v) is 6.33. The number of methoxy groups -OCH3 is 1. The molecular formula is C23H22N2O4S. The molecule has 0 spiro atoms. The number of nitrogens with one attached hydrogen (secondary N) is 1. The van der Waals surface area contributed by atoms with Crippen molar-refractivity contribution in [3.05, 3.63) is 63.3 Å². The minimum Gasteiger partial charge on any atom is -0.497 e. The monoisotopic (exact) mass is 422 g/mol. The Morgan fingerprint density at radius 1 is 1.20 bits per heavy atom. The molecule has 0 saturated carbocycles. The number of hydrogen-bond donors (Lipinski definition) is 2. The number of hydrogen-bond acceptors (Lipinski definition) is 5. The number of rotatable bonds is 5. The Balaban J connectivity index is 1.83. The Labute approximate surface area is 177 Å². The largest absolute Gasteiger partial charge is 0.497 e. The lowest BCUT2D eigenvalue weighted by Crippen LogP contribution is -2.16. The van der Waals surface area contributed by atoms with Gasteiger partial charge in [0.25, 0.3) is 5.56 Å². The molecule has 7 heteroatoms. The maximum Gasteiger partial charge on any atom is 0.404 e. The minimum absolute atomic E-state index is 0.0298. The molecule has 30 heavy (non-hydrogen) atoms. The van der Waals surface area contributed by atoms with Gasteiger partial charge in [-0.25, -0.2) is 4.79 Å². The fraction of sp³-hybridized carbons (Fsp3) is 0.217. The lowest BCUT2D eigenvalue weighted by molar-refractivity contribution is 0.151. The van der Waals surface area contributed by atoms with Gasteiger partial charge in [-0.05, 0) is 35.7 Å². The van der Waals surface area contributed by atoms with Gasteiger partial charge in [0.15, 0.2) is 0 Å². The molecule has 1 unspecified atom stereocenters. The summed E-state index contributed by atoms with van der Waals surface area (Å²) in [6.07, 6.45) is -0.772. The predicted molar refractivity (Wildman–Crippen MR) is 121 cm³/mol. The molecule has 0 aliphatic rings. The van der Waals surface area contributed by atoms with Crippen molar-refractivity contribution in [3.8, 4) is 16.2 Å². The Hall–Kier alpha value is -3.32. The van der Waals surface area contributed by atoms with Gasteiger partial charge in [0.2, 0.25) is 0 Å². The van der Waals surface area contributed by atoms with E-state index < -0.39 is 6.09 Å². The molecular weight excluding hydrogens is 400 g/mol. The number of aromatic amines is 1. The lowest BCUT2D eigenvalue weighted by Gasteiger charge is -2.12. The van der Waals surface area contributed by atoms with E-state index in [2.05, 4.69) is 4.98 Å². The van der Waals surface area contributed by atoms with E-state index in [1.807, 2.05) is 55.6 Å². The summed E-state index contributed by atoms with van der Waals surface area (Å²) in [5, 5.41) is 4.46. The molecule has 4 rings (SSSR count). The normalized spacial score (nSPS) is 12.2. The number of carbonyl (C=O) groups excluding carboxylic acids is 1. The van der Waals surface area contributed by atoms with Gasteiger partial charge in [-0.3, -0.25) is 4.79 Å². The summed E-state index contributed by atoms with van der Waals surface area (Å²) in [6, 6.07) is 12.0. The number of fused-ring (bicyclic) bond motifs is 3. The molecule has 2 aromatic heterocycles. The van der Waals surface area contributed by atoms with E-state index in [0.717, 1.165) is 43.6 Å². The lowest BCUT2D eigenvalue weighted by atomic mass is 9.98. The number of nitrogens with two attached hydrogens (primary N) is 1. The molecule has 0 aliphatic carbocycles. The first kappa shape index (κ1) is 20.0. The van der Waals surface area contributed by atoms with Crippen molar-refractivity contribution in [2.45, 2.75) is 19.8 Å². The Morgan fingerprint density at radius 3 is 2.60 bits per heavy atom.